The summed E-state index contributed by atoms with van der Waals surface area (Å²) in [6, 6.07) is 1.83. The predicted molar refractivity (Wildman–Crippen MR) is 114 cm³/mol. The molecular weight excluding hydrogens is 392 g/mol. The maximum atomic E-state index is 13.9. The second-order valence-electron chi connectivity index (χ2n) is 11.1. The van der Waals surface area contributed by atoms with Crippen molar-refractivity contribution < 1.29 is 23.5 Å². The number of hydrogen-bond donors (Lipinski definition) is 0. The molecule has 5 rings (SSSR count). The quantitative estimate of drug-likeness (QED) is 0.596. The minimum atomic E-state index is -0.777. The molecule has 1 aromatic rings. The SMILES string of the molecule is CC1(C)C(=O)C=CC2(C)C1CC(=O)C1(C)C3=CC(=O)OC(c4ccoc4)C3(C)CCC12. The molecule has 3 aliphatic carbocycles. The number of allylic oxidation sites excluding steroid dienone is 2. The lowest BCUT2D eigenvalue weighted by Gasteiger charge is -2.64. The van der Waals surface area contributed by atoms with Crippen LogP contribution < -0.4 is 0 Å². The van der Waals surface area contributed by atoms with Crippen molar-refractivity contribution >= 4 is 17.5 Å². The zero-order chi connectivity index (χ0) is 22.4. The molecule has 6 atom stereocenters. The number of ketones is 2. The van der Waals surface area contributed by atoms with Crippen molar-refractivity contribution in [2.75, 3.05) is 0 Å². The summed E-state index contributed by atoms with van der Waals surface area (Å²) in [4.78, 5) is 39.3. The zero-order valence-corrected chi connectivity index (χ0v) is 18.9. The van der Waals surface area contributed by atoms with Gasteiger partial charge in [0.15, 0.2) is 5.78 Å². The van der Waals surface area contributed by atoms with Crippen molar-refractivity contribution in [1.82, 2.24) is 0 Å². The van der Waals surface area contributed by atoms with Crippen molar-refractivity contribution in [3.63, 3.8) is 0 Å². The molecule has 0 amide bonds. The Hall–Kier alpha value is -2.43. The average molecular weight is 423 g/mol. The largest absolute Gasteiger partial charge is 0.472 e. The Labute approximate surface area is 182 Å². The molecule has 164 valence electrons. The van der Waals surface area contributed by atoms with Crippen LogP contribution >= 0.6 is 0 Å². The highest BCUT2D eigenvalue weighted by atomic mass is 16.5. The summed E-state index contributed by atoms with van der Waals surface area (Å²) >= 11 is 0. The van der Waals surface area contributed by atoms with E-state index in [2.05, 4.69) is 19.9 Å². The molecule has 0 aromatic carbocycles. The van der Waals surface area contributed by atoms with Gasteiger partial charge in [0.2, 0.25) is 0 Å². The van der Waals surface area contributed by atoms with Gasteiger partial charge in [-0.15, -0.1) is 0 Å². The van der Waals surface area contributed by atoms with Crippen LogP contribution in [0.2, 0.25) is 0 Å². The molecule has 4 aliphatic rings. The van der Waals surface area contributed by atoms with Gasteiger partial charge in [-0.3, -0.25) is 9.59 Å². The van der Waals surface area contributed by atoms with Gasteiger partial charge in [-0.1, -0.05) is 33.8 Å². The van der Waals surface area contributed by atoms with Crippen LogP contribution in [-0.4, -0.2) is 17.5 Å². The number of fused-ring (bicyclic) bond motifs is 5. The van der Waals surface area contributed by atoms with E-state index < -0.39 is 28.3 Å². The summed E-state index contributed by atoms with van der Waals surface area (Å²) in [6.45, 7) is 10.3. The second-order valence-corrected chi connectivity index (χ2v) is 11.1. The number of carbonyl (C=O) groups excluding carboxylic acids is 3. The molecule has 2 fully saturated rings. The monoisotopic (exact) mass is 422 g/mol. The van der Waals surface area contributed by atoms with Gasteiger partial charge in [-0.05, 0) is 54.7 Å². The summed E-state index contributed by atoms with van der Waals surface area (Å²) in [5, 5.41) is 0. The van der Waals surface area contributed by atoms with Crippen molar-refractivity contribution in [2.45, 2.75) is 60.0 Å². The highest BCUT2D eigenvalue weighted by molar-refractivity contribution is 5.99. The van der Waals surface area contributed by atoms with E-state index >= 15 is 0 Å². The first-order valence-electron chi connectivity index (χ1n) is 11.2. The van der Waals surface area contributed by atoms with E-state index in [4.69, 9.17) is 9.15 Å². The normalized spacial score (nSPS) is 43.5. The summed E-state index contributed by atoms with van der Waals surface area (Å²) < 4.78 is 11.1. The molecule has 1 aliphatic heterocycles. The Morgan fingerprint density at radius 2 is 1.77 bits per heavy atom. The number of ether oxygens (including phenoxy) is 1. The maximum absolute atomic E-state index is 13.9. The Morgan fingerprint density at radius 1 is 1.03 bits per heavy atom. The van der Waals surface area contributed by atoms with Crippen LogP contribution in [0, 0.1) is 33.5 Å². The Balaban J connectivity index is 1.67. The zero-order valence-electron chi connectivity index (χ0n) is 18.9. The smallest absolute Gasteiger partial charge is 0.331 e. The molecule has 31 heavy (non-hydrogen) atoms. The molecule has 6 unspecified atom stereocenters. The topological polar surface area (TPSA) is 73.6 Å². The molecular formula is C26H30O5. The highest BCUT2D eigenvalue weighted by Gasteiger charge is 2.68. The van der Waals surface area contributed by atoms with E-state index in [0.29, 0.717) is 6.42 Å². The number of hydrogen-bond acceptors (Lipinski definition) is 5. The summed E-state index contributed by atoms with van der Waals surface area (Å²) in [7, 11) is 0. The lowest BCUT2D eigenvalue weighted by atomic mass is 9.38. The number of rotatable bonds is 1. The van der Waals surface area contributed by atoms with E-state index in [1.807, 2.05) is 26.8 Å². The third kappa shape index (κ3) is 2.41. The van der Waals surface area contributed by atoms with Crippen LogP contribution in [0.3, 0.4) is 0 Å². The molecule has 0 radical (unpaired) electrons. The molecule has 0 N–H and O–H groups in total. The number of Topliss-reactive ketones (excluding diaryl/α,β-unsaturated/α-hetero) is 1. The summed E-state index contributed by atoms with van der Waals surface area (Å²) in [5.41, 5.74) is -0.437. The molecule has 0 spiro atoms. The molecule has 0 bridgehead atoms. The van der Waals surface area contributed by atoms with Crippen molar-refractivity contribution in [1.29, 1.82) is 0 Å². The molecule has 0 saturated heterocycles. The number of cyclic esters (lactones) is 1. The Bertz CT molecular complexity index is 1040. The number of esters is 1. The summed E-state index contributed by atoms with van der Waals surface area (Å²) in [6.07, 6.45) is 10.0. The van der Waals surface area contributed by atoms with Crippen LogP contribution in [-0.2, 0) is 19.1 Å². The van der Waals surface area contributed by atoms with E-state index in [1.54, 1.807) is 24.7 Å². The molecule has 1 aromatic heterocycles. The van der Waals surface area contributed by atoms with Gasteiger partial charge >= 0.3 is 5.97 Å². The maximum Gasteiger partial charge on any atom is 0.331 e. The molecule has 2 saturated carbocycles. The Morgan fingerprint density at radius 3 is 2.45 bits per heavy atom. The van der Waals surface area contributed by atoms with Crippen LogP contribution in [0.1, 0.15) is 65.5 Å². The van der Waals surface area contributed by atoms with E-state index in [1.165, 1.54) is 0 Å². The molecule has 2 heterocycles. The van der Waals surface area contributed by atoms with Crippen LogP contribution in [0.4, 0.5) is 0 Å². The fourth-order valence-electron chi connectivity index (χ4n) is 7.54. The van der Waals surface area contributed by atoms with Crippen LogP contribution in [0.15, 0.2) is 46.8 Å². The predicted octanol–water partition coefficient (Wildman–Crippen LogP) is 4.99. The molecule has 5 heteroatoms. The van der Waals surface area contributed by atoms with Crippen molar-refractivity contribution in [3.05, 3.63) is 48.0 Å². The molecule has 5 nitrogen and oxygen atoms in total. The first-order chi connectivity index (χ1) is 14.5. The average Bonchev–Trinajstić information content (AvgIpc) is 3.23. The first-order valence-corrected chi connectivity index (χ1v) is 11.2. The Kier molecular flexibility index (Phi) is 4.02. The van der Waals surface area contributed by atoms with Gasteiger partial charge < -0.3 is 9.15 Å². The summed E-state index contributed by atoms with van der Waals surface area (Å²) in [5.74, 6) is -0.213. The van der Waals surface area contributed by atoms with Gasteiger partial charge in [0, 0.05) is 28.9 Å². The minimum absolute atomic E-state index is 0.0186. The number of carbonyl (C=O) groups is 3. The van der Waals surface area contributed by atoms with Crippen molar-refractivity contribution in [2.24, 2.45) is 33.5 Å². The number of furan rings is 1. The van der Waals surface area contributed by atoms with E-state index in [9.17, 15) is 14.4 Å². The first kappa shape index (κ1) is 20.5. The van der Waals surface area contributed by atoms with Gasteiger partial charge in [-0.2, -0.15) is 0 Å². The van der Waals surface area contributed by atoms with Crippen LogP contribution in [0.5, 0.6) is 0 Å². The van der Waals surface area contributed by atoms with Gasteiger partial charge in [0.25, 0.3) is 0 Å². The minimum Gasteiger partial charge on any atom is -0.472 e. The van der Waals surface area contributed by atoms with Crippen molar-refractivity contribution in [3.8, 4) is 0 Å². The van der Waals surface area contributed by atoms with Gasteiger partial charge in [0.1, 0.15) is 11.9 Å². The standard InChI is InChI=1S/C26H30O5/c1-23(2)17-12-20(28)26(5)16(24(17,3)10-7-19(23)27)6-9-25(4)18(26)13-21(29)31-22(25)15-8-11-30-14-15/h7-8,10-11,13-14,16-17,22H,6,9,12H2,1-5H3. The highest BCUT2D eigenvalue weighted by Crippen LogP contribution is 2.70. The second kappa shape index (κ2) is 6.08. The lowest BCUT2D eigenvalue weighted by molar-refractivity contribution is -0.168. The third-order valence-corrected chi connectivity index (χ3v) is 9.32. The fourth-order valence-corrected chi connectivity index (χ4v) is 7.54. The van der Waals surface area contributed by atoms with Gasteiger partial charge in [-0.25, -0.2) is 4.79 Å². The van der Waals surface area contributed by atoms with E-state index in [0.717, 1.165) is 24.0 Å². The van der Waals surface area contributed by atoms with Crippen LogP contribution in [0.25, 0.3) is 0 Å². The van der Waals surface area contributed by atoms with Gasteiger partial charge in [0.05, 0.1) is 17.9 Å². The lowest BCUT2D eigenvalue weighted by Crippen LogP contribution is -2.63. The van der Waals surface area contributed by atoms with E-state index in [-0.39, 0.29) is 28.8 Å². The fraction of sp³-hybridized carbons (Fsp3) is 0.577. The third-order valence-electron chi connectivity index (χ3n) is 9.32.